The first-order chi connectivity index (χ1) is 10.6. The molecule has 1 aromatic rings. The van der Waals surface area contributed by atoms with Gasteiger partial charge in [0.05, 0.1) is 11.1 Å². The quantitative estimate of drug-likeness (QED) is 0.708. The zero-order valence-corrected chi connectivity index (χ0v) is 15.0. The van der Waals surface area contributed by atoms with Crippen LogP contribution in [0, 0.1) is 0 Å². The van der Waals surface area contributed by atoms with E-state index in [0.717, 1.165) is 0 Å². The Labute approximate surface area is 154 Å². The van der Waals surface area contributed by atoms with Gasteiger partial charge in [0, 0.05) is 32.2 Å². The van der Waals surface area contributed by atoms with Crippen molar-refractivity contribution in [2.45, 2.75) is 31.7 Å². The van der Waals surface area contributed by atoms with Crippen LogP contribution in [0.25, 0.3) is 0 Å². The first kappa shape index (κ1) is 24.3. The van der Waals surface area contributed by atoms with Crippen LogP contribution < -0.4 is 5.32 Å². The molecule has 2 rings (SSSR count). The molecular formula is C15H20Cl2F6N2. The molecule has 0 bridgehead atoms. The number of hydrogen-bond acceptors (Lipinski definition) is 2. The minimum absolute atomic E-state index is 0. The van der Waals surface area contributed by atoms with E-state index >= 15 is 0 Å². The van der Waals surface area contributed by atoms with Gasteiger partial charge in [-0.1, -0.05) is 6.92 Å². The molecule has 0 saturated carbocycles. The average molecular weight is 413 g/mol. The molecule has 25 heavy (non-hydrogen) atoms. The Kier molecular flexibility index (Phi) is 9.04. The van der Waals surface area contributed by atoms with Crippen LogP contribution in [0.4, 0.5) is 26.3 Å². The highest BCUT2D eigenvalue weighted by molar-refractivity contribution is 5.85. The van der Waals surface area contributed by atoms with Crippen molar-refractivity contribution in [3.63, 3.8) is 0 Å². The second-order valence-corrected chi connectivity index (χ2v) is 5.51. The summed E-state index contributed by atoms with van der Waals surface area (Å²) in [6, 6.07) is 1.01. The van der Waals surface area contributed by atoms with Crippen LogP contribution in [0.3, 0.4) is 0 Å². The van der Waals surface area contributed by atoms with Gasteiger partial charge in [-0.25, -0.2) is 0 Å². The molecule has 0 radical (unpaired) electrons. The minimum Gasteiger partial charge on any atom is -0.314 e. The van der Waals surface area contributed by atoms with Crippen LogP contribution in [-0.4, -0.2) is 31.1 Å². The smallest absolute Gasteiger partial charge is 0.314 e. The lowest BCUT2D eigenvalue weighted by molar-refractivity contribution is -0.142. The number of benzene rings is 1. The molecule has 2 nitrogen and oxygen atoms in total. The molecule has 146 valence electrons. The molecule has 1 N–H and O–H groups in total. The number of hydrogen-bond donors (Lipinski definition) is 1. The van der Waals surface area contributed by atoms with Crippen LogP contribution in [0.1, 0.15) is 36.1 Å². The summed E-state index contributed by atoms with van der Waals surface area (Å²) in [5, 5.41) is 3.08. The van der Waals surface area contributed by atoms with Crippen molar-refractivity contribution >= 4 is 24.8 Å². The van der Waals surface area contributed by atoms with E-state index in [9.17, 15) is 26.3 Å². The van der Waals surface area contributed by atoms with Crippen LogP contribution in [0.2, 0.25) is 0 Å². The molecule has 0 aliphatic carbocycles. The lowest BCUT2D eigenvalue weighted by atomic mass is 9.94. The Morgan fingerprint density at radius 3 is 2.00 bits per heavy atom. The monoisotopic (exact) mass is 412 g/mol. The Morgan fingerprint density at radius 2 is 1.56 bits per heavy atom. The van der Waals surface area contributed by atoms with Crippen molar-refractivity contribution in [2.75, 3.05) is 26.2 Å². The molecule has 1 aliphatic rings. The van der Waals surface area contributed by atoms with Gasteiger partial charge in [-0.05, 0) is 30.2 Å². The summed E-state index contributed by atoms with van der Waals surface area (Å²) in [6.45, 7) is 3.92. The highest BCUT2D eigenvalue weighted by atomic mass is 35.5. The molecule has 1 saturated heterocycles. The zero-order chi connectivity index (χ0) is 17.3. The van der Waals surface area contributed by atoms with E-state index in [1.165, 1.54) is 0 Å². The standard InChI is InChI=1S/C15H18F6N2.2ClH/c1-2-13(23-7-5-22-6-8-23)11-9-10(14(16,17)18)3-4-12(11)15(19,20)21;;/h3-4,9,13,22H,2,5-8H2,1H3;2*1H/t13-;;/m1../s1. The zero-order valence-electron chi connectivity index (χ0n) is 13.4. The van der Waals surface area contributed by atoms with E-state index < -0.39 is 29.5 Å². The Hall–Kier alpha value is -0.700. The summed E-state index contributed by atoms with van der Waals surface area (Å²) in [6.07, 6.45) is -9.04. The van der Waals surface area contributed by atoms with Crippen LogP contribution in [0.15, 0.2) is 18.2 Å². The van der Waals surface area contributed by atoms with Gasteiger partial charge < -0.3 is 5.32 Å². The average Bonchev–Trinajstić information content (AvgIpc) is 2.47. The summed E-state index contributed by atoms with van der Waals surface area (Å²) >= 11 is 0. The van der Waals surface area contributed by atoms with E-state index in [-0.39, 0.29) is 30.4 Å². The van der Waals surface area contributed by atoms with Gasteiger partial charge in [-0.3, -0.25) is 4.90 Å². The molecule has 0 spiro atoms. The van der Waals surface area contributed by atoms with Crippen LogP contribution in [-0.2, 0) is 12.4 Å². The molecule has 0 unspecified atom stereocenters. The third kappa shape index (κ3) is 5.91. The third-order valence-electron chi connectivity index (χ3n) is 4.02. The van der Waals surface area contributed by atoms with Gasteiger partial charge in [-0.15, -0.1) is 24.8 Å². The lowest BCUT2D eigenvalue weighted by Gasteiger charge is -2.36. The predicted octanol–water partition coefficient (Wildman–Crippen LogP) is 4.92. The Balaban J connectivity index is 0.00000288. The lowest BCUT2D eigenvalue weighted by Crippen LogP contribution is -2.45. The minimum atomic E-state index is -4.68. The van der Waals surface area contributed by atoms with Crippen molar-refractivity contribution in [3.05, 3.63) is 34.9 Å². The highest BCUT2D eigenvalue weighted by Crippen LogP contribution is 2.40. The number of alkyl halides is 6. The summed E-state index contributed by atoms with van der Waals surface area (Å²) in [7, 11) is 0. The fourth-order valence-corrected chi connectivity index (χ4v) is 2.94. The normalized spacial score (nSPS) is 17.4. The molecule has 1 fully saturated rings. The molecular weight excluding hydrogens is 393 g/mol. The van der Waals surface area contributed by atoms with E-state index in [4.69, 9.17) is 0 Å². The summed E-state index contributed by atoms with van der Waals surface area (Å²) in [5.41, 5.74) is -2.33. The second kappa shape index (κ2) is 9.30. The van der Waals surface area contributed by atoms with Crippen molar-refractivity contribution in [3.8, 4) is 0 Å². The largest absolute Gasteiger partial charge is 0.416 e. The van der Waals surface area contributed by atoms with Gasteiger partial charge in [0.2, 0.25) is 0 Å². The molecule has 0 amide bonds. The molecule has 1 aliphatic heterocycles. The van der Waals surface area contributed by atoms with Gasteiger partial charge in [0.1, 0.15) is 0 Å². The number of rotatable bonds is 3. The Bertz CT molecular complexity index is 542. The first-order valence-electron chi connectivity index (χ1n) is 7.37. The van der Waals surface area contributed by atoms with E-state index in [2.05, 4.69) is 5.32 Å². The van der Waals surface area contributed by atoms with E-state index in [1.54, 1.807) is 11.8 Å². The highest BCUT2D eigenvalue weighted by Gasteiger charge is 2.39. The van der Waals surface area contributed by atoms with Crippen molar-refractivity contribution in [1.29, 1.82) is 0 Å². The maximum Gasteiger partial charge on any atom is 0.416 e. The summed E-state index contributed by atoms with van der Waals surface area (Å²) in [4.78, 5) is 1.81. The summed E-state index contributed by atoms with van der Waals surface area (Å²) in [5.74, 6) is 0. The van der Waals surface area contributed by atoms with Crippen molar-refractivity contribution in [1.82, 2.24) is 10.2 Å². The van der Waals surface area contributed by atoms with E-state index in [0.29, 0.717) is 50.8 Å². The van der Waals surface area contributed by atoms with Crippen LogP contribution in [0.5, 0.6) is 0 Å². The number of nitrogens with one attached hydrogen (secondary N) is 1. The molecule has 1 heterocycles. The summed E-state index contributed by atoms with van der Waals surface area (Å²) < 4.78 is 78.4. The fourth-order valence-electron chi connectivity index (χ4n) is 2.94. The van der Waals surface area contributed by atoms with Crippen molar-refractivity contribution in [2.24, 2.45) is 0 Å². The predicted molar refractivity (Wildman–Crippen MR) is 88.4 cm³/mol. The fraction of sp³-hybridized carbons (Fsp3) is 0.600. The molecule has 10 heteroatoms. The molecule has 1 atom stereocenters. The number of nitrogens with zero attached hydrogens (tertiary/aromatic N) is 1. The molecule has 1 aromatic carbocycles. The van der Waals surface area contributed by atoms with Crippen molar-refractivity contribution < 1.29 is 26.3 Å². The Morgan fingerprint density at radius 1 is 1.00 bits per heavy atom. The third-order valence-corrected chi connectivity index (χ3v) is 4.02. The number of halogens is 8. The van der Waals surface area contributed by atoms with E-state index in [1.807, 2.05) is 0 Å². The van der Waals surface area contributed by atoms with Gasteiger partial charge in [0.15, 0.2) is 0 Å². The maximum atomic E-state index is 13.2. The molecule has 0 aromatic heterocycles. The maximum absolute atomic E-state index is 13.2. The van der Waals surface area contributed by atoms with Gasteiger partial charge >= 0.3 is 12.4 Å². The topological polar surface area (TPSA) is 15.3 Å². The van der Waals surface area contributed by atoms with Gasteiger partial charge in [0.25, 0.3) is 0 Å². The first-order valence-corrected chi connectivity index (χ1v) is 7.37. The SMILES string of the molecule is CC[C@H](c1cc(C(F)(F)F)ccc1C(F)(F)F)N1CCNCC1.Cl.Cl. The van der Waals surface area contributed by atoms with Gasteiger partial charge in [-0.2, -0.15) is 26.3 Å². The second-order valence-electron chi connectivity index (χ2n) is 5.51. The number of piperazine rings is 1. The van der Waals surface area contributed by atoms with Crippen LogP contribution >= 0.6 is 24.8 Å².